The van der Waals surface area contributed by atoms with E-state index in [1.54, 1.807) is 0 Å². The van der Waals surface area contributed by atoms with Crippen molar-refractivity contribution in [2.75, 3.05) is 0 Å². The van der Waals surface area contributed by atoms with Crippen LogP contribution in [0, 0.1) is 5.92 Å². The molecule has 17 heavy (non-hydrogen) atoms. The number of pyridine rings is 1. The van der Waals surface area contributed by atoms with Crippen molar-refractivity contribution in [3.63, 3.8) is 0 Å². The largest absolute Gasteiger partial charge is 0.299 e. The van der Waals surface area contributed by atoms with Crippen molar-refractivity contribution < 1.29 is 4.79 Å². The van der Waals surface area contributed by atoms with Crippen molar-refractivity contribution in [2.24, 2.45) is 5.92 Å². The fourth-order valence-corrected chi connectivity index (χ4v) is 2.81. The molecule has 0 fully saturated rings. The Labute approximate surface area is 103 Å². The van der Waals surface area contributed by atoms with E-state index in [0.29, 0.717) is 5.78 Å². The van der Waals surface area contributed by atoms with Gasteiger partial charge in [0.05, 0.1) is 11.6 Å². The van der Waals surface area contributed by atoms with Crippen molar-refractivity contribution in [3.05, 3.63) is 29.6 Å². The van der Waals surface area contributed by atoms with Gasteiger partial charge in [-0.1, -0.05) is 26.3 Å². The summed E-state index contributed by atoms with van der Waals surface area (Å²) in [6, 6.07) is 4.09. The SMILES string of the molecule is CCCC(C)C(=O)C1CCCc2cccnc21. The summed E-state index contributed by atoms with van der Waals surface area (Å²) in [5.74, 6) is 0.631. The van der Waals surface area contributed by atoms with E-state index >= 15 is 0 Å². The van der Waals surface area contributed by atoms with Crippen molar-refractivity contribution in [2.45, 2.75) is 51.9 Å². The first kappa shape index (κ1) is 12.3. The molecule has 1 aliphatic rings. The van der Waals surface area contributed by atoms with E-state index in [9.17, 15) is 4.79 Å². The van der Waals surface area contributed by atoms with E-state index in [0.717, 1.165) is 37.8 Å². The van der Waals surface area contributed by atoms with Gasteiger partial charge in [-0.05, 0) is 37.3 Å². The van der Waals surface area contributed by atoms with Gasteiger partial charge in [0.25, 0.3) is 0 Å². The minimum atomic E-state index is 0.0569. The molecule has 1 aliphatic carbocycles. The van der Waals surface area contributed by atoms with Crippen LogP contribution in [0.3, 0.4) is 0 Å². The predicted molar refractivity (Wildman–Crippen MR) is 69.0 cm³/mol. The minimum Gasteiger partial charge on any atom is -0.299 e. The average molecular weight is 231 g/mol. The van der Waals surface area contributed by atoms with Crippen LogP contribution in [0.2, 0.25) is 0 Å². The Kier molecular flexibility index (Phi) is 3.93. The molecule has 1 heterocycles. The summed E-state index contributed by atoms with van der Waals surface area (Å²) in [5, 5.41) is 0. The smallest absolute Gasteiger partial charge is 0.144 e. The zero-order chi connectivity index (χ0) is 12.3. The Morgan fingerprint density at radius 3 is 3.18 bits per heavy atom. The Morgan fingerprint density at radius 1 is 1.59 bits per heavy atom. The molecule has 0 aliphatic heterocycles. The Hall–Kier alpha value is -1.18. The van der Waals surface area contributed by atoms with Crippen LogP contribution in [-0.4, -0.2) is 10.8 Å². The molecule has 2 unspecified atom stereocenters. The molecule has 1 aromatic rings. The molecule has 92 valence electrons. The first-order chi connectivity index (χ1) is 8.24. The van der Waals surface area contributed by atoms with E-state index in [1.165, 1.54) is 5.56 Å². The number of aryl methyl sites for hydroxylation is 1. The molecule has 0 radical (unpaired) electrons. The predicted octanol–water partition coefficient (Wildman–Crippen LogP) is 3.51. The van der Waals surface area contributed by atoms with Gasteiger partial charge in [0, 0.05) is 12.1 Å². The fourth-order valence-electron chi connectivity index (χ4n) is 2.81. The molecule has 2 atom stereocenters. The molecular formula is C15H21NO. The number of hydrogen-bond acceptors (Lipinski definition) is 2. The summed E-state index contributed by atoms with van der Waals surface area (Å²) in [5.41, 5.74) is 2.33. The van der Waals surface area contributed by atoms with Gasteiger partial charge in [-0.2, -0.15) is 0 Å². The standard InChI is InChI=1S/C15H21NO/c1-3-6-11(2)15(17)13-9-4-7-12-8-5-10-16-14(12)13/h5,8,10-11,13H,3-4,6-7,9H2,1-2H3. The number of ketones is 1. The Morgan fingerprint density at radius 2 is 2.41 bits per heavy atom. The second-order valence-electron chi connectivity index (χ2n) is 5.08. The van der Waals surface area contributed by atoms with Gasteiger partial charge >= 0.3 is 0 Å². The fraction of sp³-hybridized carbons (Fsp3) is 0.600. The highest BCUT2D eigenvalue weighted by molar-refractivity contribution is 5.87. The highest BCUT2D eigenvalue weighted by atomic mass is 16.1. The molecule has 2 heteroatoms. The van der Waals surface area contributed by atoms with Crippen LogP contribution >= 0.6 is 0 Å². The van der Waals surface area contributed by atoms with E-state index in [1.807, 2.05) is 12.3 Å². The van der Waals surface area contributed by atoms with Crippen LogP contribution in [0.5, 0.6) is 0 Å². The second kappa shape index (κ2) is 5.44. The maximum atomic E-state index is 12.4. The zero-order valence-electron chi connectivity index (χ0n) is 10.8. The lowest BCUT2D eigenvalue weighted by molar-refractivity contribution is -0.124. The van der Waals surface area contributed by atoms with Crippen LogP contribution in [0.15, 0.2) is 18.3 Å². The van der Waals surface area contributed by atoms with Gasteiger partial charge in [0.15, 0.2) is 0 Å². The van der Waals surface area contributed by atoms with Crippen molar-refractivity contribution in [1.29, 1.82) is 0 Å². The van der Waals surface area contributed by atoms with Crippen molar-refractivity contribution >= 4 is 5.78 Å². The lowest BCUT2D eigenvalue weighted by atomic mass is 9.79. The summed E-state index contributed by atoms with van der Waals surface area (Å²) in [4.78, 5) is 16.9. The number of rotatable bonds is 4. The van der Waals surface area contributed by atoms with Crippen molar-refractivity contribution in [1.82, 2.24) is 4.98 Å². The number of nitrogens with zero attached hydrogens (tertiary/aromatic N) is 1. The topological polar surface area (TPSA) is 30.0 Å². The minimum absolute atomic E-state index is 0.0569. The van der Waals surface area contributed by atoms with Gasteiger partial charge in [0.1, 0.15) is 5.78 Å². The molecule has 1 aromatic heterocycles. The Bertz CT molecular complexity index is 400. The van der Waals surface area contributed by atoms with Crippen LogP contribution in [-0.2, 0) is 11.2 Å². The lowest BCUT2D eigenvalue weighted by Gasteiger charge is -2.25. The maximum Gasteiger partial charge on any atom is 0.144 e. The highest BCUT2D eigenvalue weighted by Gasteiger charge is 2.29. The first-order valence-electron chi connectivity index (χ1n) is 6.71. The molecule has 0 bridgehead atoms. The van der Waals surface area contributed by atoms with E-state index < -0.39 is 0 Å². The van der Waals surface area contributed by atoms with Gasteiger partial charge in [-0.3, -0.25) is 9.78 Å². The summed E-state index contributed by atoms with van der Waals surface area (Å²) in [6.07, 6.45) is 7.07. The summed E-state index contributed by atoms with van der Waals surface area (Å²) in [6.45, 7) is 4.19. The number of Topliss-reactive ketones (excluding diaryl/α,β-unsaturated/α-hetero) is 1. The van der Waals surface area contributed by atoms with Gasteiger partial charge in [-0.25, -0.2) is 0 Å². The van der Waals surface area contributed by atoms with Crippen molar-refractivity contribution in [3.8, 4) is 0 Å². The highest BCUT2D eigenvalue weighted by Crippen LogP contribution is 2.33. The third kappa shape index (κ3) is 2.56. The van der Waals surface area contributed by atoms with E-state index in [-0.39, 0.29) is 11.8 Å². The number of carbonyl (C=O) groups is 1. The second-order valence-corrected chi connectivity index (χ2v) is 5.08. The van der Waals surface area contributed by atoms with Gasteiger partial charge in [-0.15, -0.1) is 0 Å². The summed E-state index contributed by atoms with van der Waals surface area (Å²) < 4.78 is 0. The molecule has 0 amide bonds. The van der Waals surface area contributed by atoms with Gasteiger partial charge in [0.2, 0.25) is 0 Å². The number of hydrogen-bond donors (Lipinski definition) is 0. The third-order valence-corrected chi connectivity index (χ3v) is 3.75. The van der Waals surface area contributed by atoms with Gasteiger partial charge < -0.3 is 0 Å². The normalized spacial score (nSPS) is 20.7. The quantitative estimate of drug-likeness (QED) is 0.793. The first-order valence-corrected chi connectivity index (χ1v) is 6.71. The van der Waals surface area contributed by atoms with Crippen LogP contribution in [0.25, 0.3) is 0 Å². The van der Waals surface area contributed by atoms with Crippen LogP contribution in [0.4, 0.5) is 0 Å². The molecule has 0 aromatic carbocycles. The lowest BCUT2D eigenvalue weighted by Crippen LogP contribution is -2.24. The number of fused-ring (bicyclic) bond motifs is 1. The molecular weight excluding hydrogens is 210 g/mol. The molecule has 0 saturated heterocycles. The Balaban J connectivity index is 2.20. The molecule has 0 spiro atoms. The number of aromatic nitrogens is 1. The average Bonchev–Trinajstić information content (AvgIpc) is 2.37. The maximum absolute atomic E-state index is 12.4. The van der Waals surface area contributed by atoms with Crippen LogP contribution < -0.4 is 0 Å². The third-order valence-electron chi connectivity index (χ3n) is 3.75. The monoisotopic (exact) mass is 231 g/mol. The molecule has 0 N–H and O–H groups in total. The van der Waals surface area contributed by atoms with E-state index in [2.05, 4.69) is 24.9 Å². The molecule has 0 saturated carbocycles. The number of carbonyl (C=O) groups excluding carboxylic acids is 1. The van der Waals surface area contributed by atoms with E-state index in [4.69, 9.17) is 0 Å². The molecule has 2 rings (SSSR count). The molecule has 2 nitrogen and oxygen atoms in total. The summed E-state index contributed by atoms with van der Waals surface area (Å²) in [7, 11) is 0. The summed E-state index contributed by atoms with van der Waals surface area (Å²) >= 11 is 0. The van der Waals surface area contributed by atoms with Crippen LogP contribution in [0.1, 0.15) is 56.7 Å². The zero-order valence-corrected chi connectivity index (χ0v) is 10.8.